The highest BCUT2D eigenvalue weighted by Gasteiger charge is 2.16. The van der Waals surface area contributed by atoms with Crippen LogP contribution in [0.4, 0.5) is 0 Å². The summed E-state index contributed by atoms with van der Waals surface area (Å²) in [5.41, 5.74) is 2.68. The van der Waals surface area contributed by atoms with Crippen LogP contribution in [0.25, 0.3) is 10.9 Å². The number of carbonyl (C=O) groups excluding carboxylic acids is 1. The van der Waals surface area contributed by atoms with Crippen molar-refractivity contribution in [3.63, 3.8) is 0 Å². The van der Waals surface area contributed by atoms with Crippen molar-refractivity contribution in [2.24, 2.45) is 0 Å². The molecule has 0 amide bonds. The Balaban J connectivity index is 2.69. The van der Waals surface area contributed by atoms with E-state index >= 15 is 0 Å². The fraction of sp³-hybridized carbons (Fsp3) is 0.167. The molecule has 0 atom stereocenters. The molecule has 0 spiro atoms. The third-order valence-electron chi connectivity index (χ3n) is 2.63. The zero-order valence-electron chi connectivity index (χ0n) is 9.41. The molecule has 0 fully saturated rings. The Labute approximate surface area is 129 Å². The second kappa shape index (κ2) is 5.63. The zero-order chi connectivity index (χ0) is 13.3. The summed E-state index contributed by atoms with van der Waals surface area (Å²) in [5, 5.41) is 9.64. The van der Waals surface area contributed by atoms with Gasteiger partial charge in [0.15, 0.2) is 5.78 Å². The molecule has 0 N–H and O–H groups in total. The monoisotopic (exact) mass is 434 g/mol. The molecule has 92 valence electrons. The van der Waals surface area contributed by atoms with Crippen molar-refractivity contribution < 1.29 is 4.79 Å². The standard InChI is InChI=1S/C12H8BrIN2OS/c1-7-4-8-5-11(12(17)2-3-15)16(18-14)10(8)6-9(7)13/h4-6H,2H2,1H3. The Morgan fingerprint density at radius 3 is 2.89 bits per heavy atom. The molecule has 1 aromatic heterocycles. The van der Waals surface area contributed by atoms with Crippen molar-refractivity contribution in [2.75, 3.05) is 0 Å². The Morgan fingerprint density at radius 2 is 2.28 bits per heavy atom. The molecule has 0 aliphatic carbocycles. The molecule has 0 aliphatic heterocycles. The molecule has 3 nitrogen and oxygen atoms in total. The molecule has 0 bridgehead atoms. The van der Waals surface area contributed by atoms with E-state index in [1.807, 2.05) is 35.2 Å². The van der Waals surface area contributed by atoms with E-state index in [1.165, 1.54) is 9.12 Å². The quantitative estimate of drug-likeness (QED) is 0.521. The van der Waals surface area contributed by atoms with Crippen LogP contribution < -0.4 is 0 Å². The van der Waals surface area contributed by atoms with E-state index < -0.39 is 0 Å². The lowest BCUT2D eigenvalue weighted by molar-refractivity contribution is 0.0993. The van der Waals surface area contributed by atoms with Crippen LogP contribution in [-0.4, -0.2) is 9.76 Å². The summed E-state index contributed by atoms with van der Waals surface area (Å²) in [7, 11) is 1.44. The molecular weight excluding hydrogens is 427 g/mol. The number of hydrogen-bond acceptors (Lipinski definition) is 3. The van der Waals surface area contributed by atoms with Crippen LogP contribution in [0, 0.1) is 18.3 Å². The van der Waals surface area contributed by atoms with Gasteiger partial charge in [-0.15, -0.1) is 0 Å². The lowest BCUT2D eigenvalue weighted by Gasteiger charge is -2.04. The van der Waals surface area contributed by atoms with Crippen molar-refractivity contribution in [1.29, 1.82) is 5.26 Å². The summed E-state index contributed by atoms with van der Waals surface area (Å²) < 4.78 is 2.87. The van der Waals surface area contributed by atoms with Crippen LogP contribution in [-0.2, 0) is 0 Å². The molecule has 18 heavy (non-hydrogen) atoms. The number of rotatable bonds is 3. The Kier molecular flexibility index (Phi) is 4.35. The maximum atomic E-state index is 11.9. The number of hydrogen-bond donors (Lipinski definition) is 0. The van der Waals surface area contributed by atoms with Crippen molar-refractivity contribution in [3.8, 4) is 6.07 Å². The Hall–Kier alpha value is -0.520. The molecule has 0 saturated carbocycles. The second-order valence-corrected chi connectivity index (χ2v) is 6.35. The van der Waals surface area contributed by atoms with Crippen molar-refractivity contribution in [2.45, 2.75) is 13.3 Å². The molecule has 1 heterocycles. The molecule has 6 heteroatoms. The first-order valence-corrected chi connectivity index (χ1v) is 9.20. The Morgan fingerprint density at radius 1 is 1.56 bits per heavy atom. The van der Waals surface area contributed by atoms with Crippen molar-refractivity contribution in [3.05, 3.63) is 33.9 Å². The number of fused-ring (bicyclic) bond motifs is 1. The van der Waals surface area contributed by atoms with E-state index in [0.717, 1.165) is 20.9 Å². The Bertz CT molecular complexity index is 675. The fourth-order valence-corrected chi connectivity index (χ4v) is 3.82. The number of aryl methyl sites for hydroxylation is 1. The molecular formula is C12H8BrIN2OS. The zero-order valence-corrected chi connectivity index (χ0v) is 14.0. The minimum atomic E-state index is -0.147. The van der Waals surface area contributed by atoms with Gasteiger partial charge >= 0.3 is 0 Å². The van der Waals surface area contributed by atoms with Gasteiger partial charge in [-0.3, -0.25) is 8.77 Å². The minimum Gasteiger partial charge on any atom is -0.291 e. The van der Waals surface area contributed by atoms with E-state index in [-0.39, 0.29) is 12.2 Å². The van der Waals surface area contributed by atoms with Crippen molar-refractivity contribution >= 4 is 62.9 Å². The van der Waals surface area contributed by atoms with Crippen LogP contribution >= 0.6 is 46.3 Å². The van der Waals surface area contributed by atoms with Gasteiger partial charge in [-0.2, -0.15) is 5.26 Å². The highest BCUT2D eigenvalue weighted by atomic mass is 127. The number of benzene rings is 1. The van der Waals surface area contributed by atoms with E-state index in [9.17, 15) is 4.79 Å². The van der Waals surface area contributed by atoms with Crippen molar-refractivity contribution in [1.82, 2.24) is 3.97 Å². The fourth-order valence-electron chi connectivity index (χ4n) is 1.75. The third kappa shape index (κ3) is 2.44. The number of ketones is 1. The SMILES string of the molecule is Cc1cc2cc(C(=O)CC#N)n(SI)c2cc1Br. The van der Waals surface area contributed by atoms with E-state index in [4.69, 9.17) is 5.26 Å². The van der Waals surface area contributed by atoms with Gasteiger partial charge in [-0.1, -0.05) is 15.9 Å². The average Bonchev–Trinajstić information content (AvgIpc) is 2.68. The number of carbonyl (C=O) groups is 1. The summed E-state index contributed by atoms with van der Waals surface area (Å²) in [5.74, 6) is -0.147. The molecule has 0 unspecified atom stereocenters. The van der Waals surface area contributed by atoms with Crippen LogP contribution in [0.3, 0.4) is 0 Å². The first kappa shape index (κ1) is 13.9. The first-order chi connectivity index (χ1) is 8.58. The molecule has 0 radical (unpaired) electrons. The minimum absolute atomic E-state index is 0.0896. The third-order valence-corrected chi connectivity index (χ3v) is 5.20. The maximum absolute atomic E-state index is 11.9. The number of aromatic nitrogens is 1. The molecule has 0 saturated heterocycles. The van der Waals surface area contributed by atoms with Gasteiger partial charge in [0.05, 0.1) is 17.3 Å². The summed E-state index contributed by atoms with van der Waals surface area (Å²) in [6.45, 7) is 2.01. The maximum Gasteiger partial charge on any atom is 0.194 e. The molecule has 0 aliphatic rings. The number of nitriles is 1. The number of halogens is 2. The summed E-state index contributed by atoms with van der Waals surface area (Å²) in [6.07, 6.45) is -0.0896. The smallest absolute Gasteiger partial charge is 0.194 e. The lowest BCUT2D eigenvalue weighted by atomic mass is 10.1. The van der Waals surface area contributed by atoms with Crippen LogP contribution in [0.2, 0.25) is 0 Å². The van der Waals surface area contributed by atoms with Crippen LogP contribution in [0.15, 0.2) is 22.7 Å². The van der Waals surface area contributed by atoms with Crippen LogP contribution in [0.5, 0.6) is 0 Å². The van der Waals surface area contributed by atoms with Gasteiger partial charge < -0.3 is 0 Å². The number of Topliss-reactive ketones (excluding diaryl/α,β-unsaturated/α-hetero) is 1. The van der Waals surface area contributed by atoms with Gasteiger partial charge in [0.25, 0.3) is 0 Å². The molecule has 2 aromatic rings. The highest BCUT2D eigenvalue weighted by Crippen LogP contribution is 2.32. The van der Waals surface area contributed by atoms with Gasteiger partial charge in [0.1, 0.15) is 6.42 Å². The second-order valence-electron chi connectivity index (χ2n) is 3.81. The average molecular weight is 435 g/mol. The van der Waals surface area contributed by atoms with E-state index in [1.54, 1.807) is 0 Å². The van der Waals surface area contributed by atoms with Gasteiger partial charge in [0.2, 0.25) is 0 Å². The predicted octanol–water partition coefficient (Wildman–Crippen LogP) is 4.65. The highest BCUT2D eigenvalue weighted by molar-refractivity contribution is 14.2. The number of nitrogens with zero attached hydrogens (tertiary/aromatic N) is 2. The topological polar surface area (TPSA) is 45.8 Å². The molecule has 2 rings (SSSR count). The predicted molar refractivity (Wildman–Crippen MR) is 85.9 cm³/mol. The lowest BCUT2D eigenvalue weighted by Crippen LogP contribution is -2.02. The van der Waals surface area contributed by atoms with E-state index in [0.29, 0.717) is 5.69 Å². The van der Waals surface area contributed by atoms with E-state index in [2.05, 4.69) is 37.1 Å². The van der Waals surface area contributed by atoms with Gasteiger partial charge in [0, 0.05) is 40.2 Å². The summed E-state index contributed by atoms with van der Waals surface area (Å²) in [4.78, 5) is 11.9. The summed E-state index contributed by atoms with van der Waals surface area (Å²) >= 11 is 5.63. The normalized spacial score (nSPS) is 10.6. The summed E-state index contributed by atoms with van der Waals surface area (Å²) in [6, 6.07) is 7.78. The largest absolute Gasteiger partial charge is 0.291 e. The van der Waals surface area contributed by atoms with Crippen LogP contribution in [0.1, 0.15) is 22.5 Å². The first-order valence-electron chi connectivity index (χ1n) is 5.09. The van der Waals surface area contributed by atoms with Gasteiger partial charge in [-0.25, -0.2) is 0 Å². The molecule has 1 aromatic carbocycles. The van der Waals surface area contributed by atoms with Gasteiger partial charge in [-0.05, 0) is 30.7 Å².